The molecule has 1 aliphatic heterocycles. The fourth-order valence-corrected chi connectivity index (χ4v) is 9.89. The lowest BCUT2D eigenvalue weighted by Gasteiger charge is -2.24. The van der Waals surface area contributed by atoms with Crippen molar-refractivity contribution in [1.82, 2.24) is 0 Å². The topological polar surface area (TPSA) is 9.23 Å². The predicted molar refractivity (Wildman–Crippen MR) is 236 cm³/mol. The van der Waals surface area contributed by atoms with E-state index in [4.69, 9.17) is 4.74 Å². The summed E-state index contributed by atoms with van der Waals surface area (Å²) in [6.45, 7) is 4.79. The number of ether oxygens (including phenoxy) is 1. The van der Waals surface area contributed by atoms with Gasteiger partial charge in [-0.15, -0.1) is 0 Å². The minimum Gasteiger partial charge on any atom is -0.456 e. The molecule has 1 heterocycles. The molecule has 1 aliphatic carbocycles. The van der Waals surface area contributed by atoms with Crippen molar-refractivity contribution >= 4 is 43.1 Å². The standard InChI is InChI=1S/C55H36O/c1-55(2)49-31-37(40-26-28-52-54-44(40)17-10-18-45(54)48-29-35(22-27-51(48)56-52)33-11-4-3-5-12-33)20-23-42(49)43-24-21-38(32-50(43)55)53-41-16-9-7-14-36(41)30-47-39-15-8-6-13-34(39)19-25-46(47)53/h3-32H,1-2H3. The Hall–Kier alpha value is -6.96. The molecule has 0 fully saturated rings. The van der Waals surface area contributed by atoms with Crippen LogP contribution in [0, 0.1) is 0 Å². The molecular weight excluding hydrogens is 677 g/mol. The predicted octanol–water partition coefficient (Wildman–Crippen LogP) is 15.4. The zero-order valence-corrected chi connectivity index (χ0v) is 31.2. The molecule has 1 heteroatoms. The summed E-state index contributed by atoms with van der Waals surface area (Å²) >= 11 is 0. The summed E-state index contributed by atoms with van der Waals surface area (Å²) < 4.78 is 6.60. The van der Waals surface area contributed by atoms with Gasteiger partial charge < -0.3 is 4.74 Å². The van der Waals surface area contributed by atoms with Crippen molar-refractivity contribution in [3.8, 4) is 67.1 Å². The van der Waals surface area contributed by atoms with Crippen LogP contribution < -0.4 is 4.74 Å². The Labute approximate surface area is 326 Å². The molecule has 262 valence electrons. The maximum Gasteiger partial charge on any atom is 0.135 e. The Kier molecular flexibility index (Phi) is 6.46. The molecule has 0 bridgehead atoms. The van der Waals surface area contributed by atoms with Crippen LogP contribution in [-0.2, 0) is 5.41 Å². The third-order valence-electron chi connectivity index (χ3n) is 12.6. The van der Waals surface area contributed by atoms with E-state index in [0.717, 1.165) is 17.1 Å². The van der Waals surface area contributed by atoms with Crippen molar-refractivity contribution in [1.29, 1.82) is 0 Å². The molecule has 2 aliphatic rings. The average molecular weight is 713 g/mol. The Balaban J connectivity index is 0.987. The van der Waals surface area contributed by atoms with E-state index >= 15 is 0 Å². The highest BCUT2D eigenvalue weighted by molar-refractivity contribution is 6.20. The van der Waals surface area contributed by atoms with Crippen LogP contribution in [0.3, 0.4) is 0 Å². The number of benzene rings is 10. The number of hydrogen-bond acceptors (Lipinski definition) is 1. The van der Waals surface area contributed by atoms with Crippen molar-refractivity contribution in [2.24, 2.45) is 0 Å². The van der Waals surface area contributed by atoms with E-state index in [1.165, 1.54) is 104 Å². The molecule has 0 unspecified atom stereocenters. The molecule has 0 atom stereocenters. The SMILES string of the molecule is CC1(C)c2cc(-c3ccc4c5c(cccc35)-c3cc(-c5ccccc5)ccc3O4)ccc2-c2ccc(-c3c4ccccc4cc4c3ccc3ccccc34)cc21. The highest BCUT2D eigenvalue weighted by Crippen LogP contribution is 2.53. The molecular formula is C55H36O. The van der Waals surface area contributed by atoms with Gasteiger partial charge in [-0.25, -0.2) is 0 Å². The minimum atomic E-state index is -0.188. The van der Waals surface area contributed by atoms with E-state index in [-0.39, 0.29) is 5.41 Å². The summed E-state index contributed by atoms with van der Waals surface area (Å²) in [4.78, 5) is 0. The average Bonchev–Trinajstić information content (AvgIpc) is 3.47. The van der Waals surface area contributed by atoms with E-state index < -0.39 is 0 Å². The molecule has 1 nitrogen and oxygen atoms in total. The summed E-state index contributed by atoms with van der Waals surface area (Å²) in [6.07, 6.45) is 0. The lowest BCUT2D eigenvalue weighted by atomic mass is 9.80. The van der Waals surface area contributed by atoms with Gasteiger partial charge in [-0.3, -0.25) is 0 Å². The van der Waals surface area contributed by atoms with Crippen LogP contribution >= 0.6 is 0 Å². The van der Waals surface area contributed by atoms with E-state index in [1.807, 2.05) is 0 Å². The molecule has 0 saturated carbocycles. The van der Waals surface area contributed by atoms with Gasteiger partial charge >= 0.3 is 0 Å². The van der Waals surface area contributed by atoms with Gasteiger partial charge in [0, 0.05) is 16.4 Å². The van der Waals surface area contributed by atoms with Crippen LogP contribution in [0.2, 0.25) is 0 Å². The van der Waals surface area contributed by atoms with Gasteiger partial charge in [0.25, 0.3) is 0 Å². The van der Waals surface area contributed by atoms with Crippen LogP contribution in [0.4, 0.5) is 0 Å². The minimum absolute atomic E-state index is 0.188. The fourth-order valence-electron chi connectivity index (χ4n) is 9.89. The molecule has 56 heavy (non-hydrogen) atoms. The van der Waals surface area contributed by atoms with Crippen molar-refractivity contribution in [3.05, 3.63) is 193 Å². The Morgan fingerprint density at radius 1 is 0.339 bits per heavy atom. The monoisotopic (exact) mass is 712 g/mol. The molecule has 12 rings (SSSR count). The summed E-state index contributed by atoms with van der Waals surface area (Å²) in [5.74, 6) is 1.81. The first-order valence-electron chi connectivity index (χ1n) is 19.6. The molecule has 10 aromatic carbocycles. The molecule has 0 saturated heterocycles. The summed E-state index contributed by atoms with van der Waals surface area (Å²) in [7, 11) is 0. The van der Waals surface area contributed by atoms with Gasteiger partial charge in [-0.1, -0.05) is 159 Å². The number of fused-ring (bicyclic) bond motifs is 9. The van der Waals surface area contributed by atoms with Gasteiger partial charge in [-0.05, 0) is 135 Å². The molecule has 0 amide bonds. The lowest BCUT2D eigenvalue weighted by molar-refractivity contribution is 0.487. The van der Waals surface area contributed by atoms with E-state index in [0.29, 0.717) is 0 Å². The highest BCUT2D eigenvalue weighted by Gasteiger charge is 2.36. The normalized spacial score (nSPS) is 13.5. The maximum absolute atomic E-state index is 6.60. The van der Waals surface area contributed by atoms with Gasteiger partial charge in [-0.2, -0.15) is 0 Å². The van der Waals surface area contributed by atoms with Crippen LogP contribution in [0.25, 0.3) is 98.7 Å². The Morgan fingerprint density at radius 3 is 1.84 bits per heavy atom. The van der Waals surface area contributed by atoms with Crippen molar-refractivity contribution in [2.45, 2.75) is 19.3 Å². The smallest absolute Gasteiger partial charge is 0.135 e. The van der Waals surface area contributed by atoms with E-state index in [9.17, 15) is 0 Å². The van der Waals surface area contributed by atoms with Crippen molar-refractivity contribution < 1.29 is 4.74 Å². The van der Waals surface area contributed by atoms with Crippen LogP contribution in [0.15, 0.2) is 182 Å². The largest absolute Gasteiger partial charge is 0.456 e. The van der Waals surface area contributed by atoms with E-state index in [2.05, 4.69) is 196 Å². The quantitative estimate of drug-likeness (QED) is 0.131. The number of hydrogen-bond donors (Lipinski definition) is 0. The Bertz CT molecular complexity index is 3290. The Morgan fingerprint density at radius 2 is 1.00 bits per heavy atom. The molecule has 0 N–H and O–H groups in total. The zero-order chi connectivity index (χ0) is 37.1. The summed E-state index contributed by atoms with van der Waals surface area (Å²) in [6, 6.07) is 67.1. The molecule has 10 aromatic rings. The fraction of sp³-hybridized carbons (Fsp3) is 0.0545. The first-order chi connectivity index (χ1) is 27.5. The molecule has 0 aromatic heterocycles. The van der Waals surface area contributed by atoms with Crippen molar-refractivity contribution in [3.63, 3.8) is 0 Å². The maximum atomic E-state index is 6.60. The first-order valence-corrected chi connectivity index (χ1v) is 19.6. The molecule has 0 radical (unpaired) electrons. The van der Waals surface area contributed by atoms with Crippen LogP contribution in [0.1, 0.15) is 25.0 Å². The highest BCUT2D eigenvalue weighted by atomic mass is 16.5. The second kappa shape index (κ2) is 11.5. The van der Waals surface area contributed by atoms with Crippen molar-refractivity contribution in [2.75, 3.05) is 0 Å². The second-order valence-corrected chi connectivity index (χ2v) is 16.0. The summed E-state index contributed by atoms with van der Waals surface area (Å²) in [5.41, 5.74) is 15.0. The van der Waals surface area contributed by atoms with Gasteiger partial charge in [0.1, 0.15) is 11.5 Å². The number of rotatable bonds is 3. The van der Waals surface area contributed by atoms with E-state index in [1.54, 1.807) is 0 Å². The van der Waals surface area contributed by atoms with Gasteiger partial charge in [0.15, 0.2) is 0 Å². The third-order valence-corrected chi connectivity index (χ3v) is 12.6. The van der Waals surface area contributed by atoms with Gasteiger partial charge in [0.2, 0.25) is 0 Å². The third kappa shape index (κ3) is 4.43. The van der Waals surface area contributed by atoms with Crippen LogP contribution in [0.5, 0.6) is 11.5 Å². The van der Waals surface area contributed by atoms with Gasteiger partial charge in [0.05, 0.1) is 0 Å². The molecule has 0 spiro atoms. The van der Waals surface area contributed by atoms with Crippen LogP contribution in [-0.4, -0.2) is 0 Å². The lowest BCUT2D eigenvalue weighted by Crippen LogP contribution is -2.15. The summed E-state index contributed by atoms with van der Waals surface area (Å²) in [5, 5.41) is 10.1. The zero-order valence-electron chi connectivity index (χ0n) is 31.2. The second-order valence-electron chi connectivity index (χ2n) is 16.0. The first kappa shape index (κ1) is 31.4.